The van der Waals surface area contributed by atoms with Crippen LogP contribution in [0.5, 0.6) is 5.75 Å². The summed E-state index contributed by atoms with van der Waals surface area (Å²) in [6, 6.07) is 7.79. The van der Waals surface area contributed by atoms with Crippen LogP contribution in [0.25, 0.3) is 0 Å². The van der Waals surface area contributed by atoms with Gasteiger partial charge < -0.3 is 25.0 Å². The maximum atomic E-state index is 12.9. The minimum Gasteiger partial charge on any atom is -0.496 e. The number of ether oxygens (including phenoxy) is 1. The largest absolute Gasteiger partial charge is 0.496 e. The first-order valence-corrected chi connectivity index (χ1v) is 11.3. The van der Waals surface area contributed by atoms with E-state index in [0.29, 0.717) is 31.3 Å². The highest BCUT2D eigenvalue weighted by molar-refractivity contribution is 8.00. The molecule has 3 unspecified atom stereocenters. The molecule has 7 nitrogen and oxygen atoms in total. The van der Waals surface area contributed by atoms with Crippen molar-refractivity contribution in [2.75, 3.05) is 32.6 Å². The first kappa shape index (κ1) is 21.8. The third-order valence-electron chi connectivity index (χ3n) is 5.83. The maximum absolute atomic E-state index is 12.9. The molecule has 1 aromatic rings. The van der Waals surface area contributed by atoms with E-state index in [0.717, 1.165) is 30.6 Å². The molecule has 1 saturated carbocycles. The second-order valence-corrected chi connectivity index (χ2v) is 8.54. The molecule has 0 aromatic heterocycles. The van der Waals surface area contributed by atoms with Crippen LogP contribution in [-0.2, 0) is 11.3 Å². The predicted octanol–water partition coefficient (Wildman–Crippen LogP) is 2.29. The number of hydrogen-bond acceptors (Lipinski definition) is 5. The van der Waals surface area contributed by atoms with Gasteiger partial charge in [0.15, 0.2) is 0 Å². The highest BCUT2D eigenvalue weighted by atomic mass is 32.2. The van der Waals surface area contributed by atoms with Crippen LogP contribution in [0.15, 0.2) is 24.3 Å². The number of para-hydroxylation sites is 1. The highest BCUT2D eigenvalue weighted by Crippen LogP contribution is 2.42. The lowest BCUT2D eigenvalue weighted by Crippen LogP contribution is -2.61. The molecular weight excluding hydrogens is 390 g/mol. The van der Waals surface area contributed by atoms with Crippen molar-refractivity contribution in [3.63, 3.8) is 0 Å². The minimum atomic E-state index is -0.0447. The number of nitrogens with zero attached hydrogens (tertiary/aromatic N) is 2. The van der Waals surface area contributed by atoms with E-state index in [2.05, 4.69) is 5.32 Å². The first-order chi connectivity index (χ1) is 14.1. The van der Waals surface area contributed by atoms with Crippen LogP contribution in [0.2, 0.25) is 0 Å². The van der Waals surface area contributed by atoms with E-state index in [1.165, 1.54) is 0 Å². The Kier molecular flexibility index (Phi) is 7.66. The van der Waals surface area contributed by atoms with Crippen molar-refractivity contribution >= 4 is 23.7 Å². The molecule has 1 saturated heterocycles. The van der Waals surface area contributed by atoms with Gasteiger partial charge in [0, 0.05) is 37.2 Å². The molecule has 3 rings (SSSR count). The Morgan fingerprint density at radius 3 is 2.83 bits per heavy atom. The second kappa shape index (κ2) is 10.2. The van der Waals surface area contributed by atoms with Gasteiger partial charge in [-0.3, -0.25) is 4.79 Å². The lowest BCUT2D eigenvalue weighted by atomic mass is 9.98. The number of benzene rings is 1. The van der Waals surface area contributed by atoms with Crippen molar-refractivity contribution in [1.29, 1.82) is 0 Å². The van der Waals surface area contributed by atoms with E-state index < -0.39 is 0 Å². The van der Waals surface area contributed by atoms with Crippen LogP contribution in [0.3, 0.4) is 0 Å². The third kappa shape index (κ3) is 4.80. The van der Waals surface area contributed by atoms with Crippen LogP contribution in [0, 0.1) is 5.92 Å². The predicted molar refractivity (Wildman–Crippen MR) is 114 cm³/mol. The monoisotopic (exact) mass is 421 g/mol. The quantitative estimate of drug-likeness (QED) is 0.639. The van der Waals surface area contributed by atoms with Crippen molar-refractivity contribution in [2.45, 2.75) is 44.1 Å². The molecule has 29 heavy (non-hydrogen) atoms. The summed E-state index contributed by atoms with van der Waals surface area (Å²) in [5, 5.41) is 12.3. The summed E-state index contributed by atoms with van der Waals surface area (Å²) in [4.78, 5) is 29.1. The van der Waals surface area contributed by atoms with Crippen molar-refractivity contribution < 1.29 is 19.4 Å². The van der Waals surface area contributed by atoms with Gasteiger partial charge in [-0.2, -0.15) is 0 Å². The summed E-state index contributed by atoms with van der Waals surface area (Å²) in [5.74, 6) is 1.36. The zero-order chi connectivity index (χ0) is 20.8. The summed E-state index contributed by atoms with van der Waals surface area (Å²) < 4.78 is 5.33. The van der Waals surface area contributed by atoms with E-state index >= 15 is 0 Å². The normalized spacial score (nSPS) is 23.8. The van der Waals surface area contributed by atoms with Gasteiger partial charge in [-0.05, 0) is 25.8 Å². The SMILES string of the molecule is CCN1C(=O)N(CCO)C2CCCC2C1SCC(=O)NCc1ccccc1OC. The Balaban J connectivity index is 1.59. The van der Waals surface area contributed by atoms with Crippen molar-refractivity contribution in [2.24, 2.45) is 5.92 Å². The number of carbonyl (C=O) groups is 2. The second-order valence-electron chi connectivity index (χ2n) is 7.44. The lowest BCUT2D eigenvalue weighted by Gasteiger charge is -2.48. The molecule has 2 fully saturated rings. The first-order valence-electron chi connectivity index (χ1n) is 10.3. The van der Waals surface area contributed by atoms with E-state index in [9.17, 15) is 14.7 Å². The minimum absolute atomic E-state index is 0.00644. The summed E-state index contributed by atoms with van der Waals surface area (Å²) in [5.41, 5.74) is 0.937. The summed E-state index contributed by atoms with van der Waals surface area (Å²) >= 11 is 1.56. The van der Waals surface area contributed by atoms with E-state index in [1.54, 1.807) is 18.9 Å². The number of aliphatic hydroxyl groups is 1. The Labute approximate surface area is 176 Å². The molecule has 0 bridgehead atoms. The van der Waals surface area contributed by atoms with Crippen molar-refractivity contribution in [1.82, 2.24) is 15.1 Å². The lowest BCUT2D eigenvalue weighted by molar-refractivity contribution is -0.118. The number of thioether (sulfide) groups is 1. The third-order valence-corrected chi connectivity index (χ3v) is 7.21. The van der Waals surface area contributed by atoms with E-state index in [4.69, 9.17) is 4.74 Å². The number of amides is 3. The van der Waals surface area contributed by atoms with Crippen LogP contribution in [0.4, 0.5) is 4.79 Å². The smallest absolute Gasteiger partial charge is 0.321 e. The van der Waals surface area contributed by atoms with Gasteiger partial charge in [0.1, 0.15) is 5.75 Å². The number of fused-ring (bicyclic) bond motifs is 1. The Hall–Kier alpha value is -1.93. The number of nitrogens with one attached hydrogen (secondary N) is 1. The summed E-state index contributed by atoms with van der Waals surface area (Å²) in [7, 11) is 1.62. The molecule has 0 spiro atoms. The van der Waals surface area contributed by atoms with Gasteiger partial charge >= 0.3 is 6.03 Å². The van der Waals surface area contributed by atoms with Crippen LogP contribution < -0.4 is 10.1 Å². The molecule has 1 aromatic carbocycles. The number of carbonyl (C=O) groups excluding carboxylic acids is 2. The molecule has 3 amide bonds. The standard InChI is InChI=1S/C21H31N3O4S/c1-3-23-20(16-8-6-9-17(16)24(11-12-25)21(23)27)29-14-19(26)22-13-15-7-4-5-10-18(15)28-2/h4-5,7,10,16-17,20,25H,3,6,8-9,11-14H2,1-2H3,(H,22,26). The zero-order valence-corrected chi connectivity index (χ0v) is 18.0. The van der Waals surface area contributed by atoms with Gasteiger partial charge in [-0.1, -0.05) is 24.6 Å². The fraction of sp³-hybridized carbons (Fsp3) is 0.619. The molecule has 160 valence electrons. The highest BCUT2D eigenvalue weighted by Gasteiger charge is 2.48. The Bertz CT molecular complexity index is 717. The number of aliphatic hydroxyl groups excluding tert-OH is 1. The Morgan fingerprint density at radius 1 is 1.31 bits per heavy atom. The Morgan fingerprint density at radius 2 is 2.10 bits per heavy atom. The number of urea groups is 1. The zero-order valence-electron chi connectivity index (χ0n) is 17.2. The molecule has 8 heteroatoms. The number of β-amino-alcohol motifs (C(OH)–C–C–N with tert-alkyl or cyclic N) is 1. The molecule has 3 atom stereocenters. The van der Waals surface area contributed by atoms with Gasteiger partial charge in [-0.15, -0.1) is 11.8 Å². The van der Waals surface area contributed by atoms with Crippen LogP contribution in [0.1, 0.15) is 31.7 Å². The van der Waals surface area contributed by atoms with Crippen LogP contribution >= 0.6 is 11.8 Å². The molecule has 2 N–H and O–H groups in total. The average molecular weight is 422 g/mol. The number of methoxy groups -OCH3 is 1. The average Bonchev–Trinajstić information content (AvgIpc) is 3.22. The van der Waals surface area contributed by atoms with Crippen LogP contribution in [-0.4, -0.2) is 70.8 Å². The van der Waals surface area contributed by atoms with Crippen molar-refractivity contribution in [3.05, 3.63) is 29.8 Å². The number of hydrogen-bond donors (Lipinski definition) is 2. The van der Waals surface area contributed by atoms with E-state index in [1.807, 2.05) is 41.0 Å². The fourth-order valence-electron chi connectivity index (χ4n) is 4.49. The van der Waals surface area contributed by atoms with Gasteiger partial charge in [0.2, 0.25) is 5.91 Å². The van der Waals surface area contributed by atoms with Crippen molar-refractivity contribution in [3.8, 4) is 5.75 Å². The molecule has 1 heterocycles. The maximum Gasteiger partial charge on any atom is 0.321 e. The van der Waals surface area contributed by atoms with Gasteiger partial charge in [0.05, 0.1) is 24.8 Å². The fourth-order valence-corrected chi connectivity index (χ4v) is 5.90. The molecule has 1 aliphatic heterocycles. The molecular formula is C21H31N3O4S. The van der Waals surface area contributed by atoms with Gasteiger partial charge in [-0.25, -0.2) is 4.79 Å². The van der Waals surface area contributed by atoms with Gasteiger partial charge in [0.25, 0.3) is 0 Å². The van der Waals surface area contributed by atoms with E-state index in [-0.39, 0.29) is 30.0 Å². The molecule has 2 aliphatic rings. The topological polar surface area (TPSA) is 82.1 Å². The number of rotatable bonds is 9. The molecule has 1 aliphatic carbocycles. The summed E-state index contributed by atoms with van der Waals surface area (Å²) in [6.07, 6.45) is 3.11. The summed E-state index contributed by atoms with van der Waals surface area (Å²) in [6.45, 7) is 3.36. The molecule has 0 radical (unpaired) electrons.